The molecule has 2 aromatic rings. The molecule has 0 amide bonds. The molecule has 0 unspecified atom stereocenters. The minimum Gasteiger partial charge on any atom is -0.486 e. The molecule has 1 aliphatic heterocycles. The quantitative estimate of drug-likeness (QED) is 0.891. The van der Waals surface area contributed by atoms with Gasteiger partial charge in [0.1, 0.15) is 31.2 Å². The summed E-state index contributed by atoms with van der Waals surface area (Å²) in [4.78, 5) is 8.33. The van der Waals surface area contributed by atoms with Crippen LogP contribution in [0.25, 0.3) is 0 Å². The fourth-order valence-electron chi connectivity index (χ4n) is 1.97. The third kappa shape index (κ3) is 2.74. The molecule has 0 atom stereocenters. The normalized spacial score (nSPS) is 12.8. The van der Waals surface area contributed by atoms with E-state index in [1.54, 1.807) is 0 Å². The van der Waals surface area contributed by atoms with Gasteiger partial charge in [-0.2, -0.15) is 0 Å². The van der Waals surface area contributed by atoms with Crippen LogP contribution < -0.4 is 20.1 Å². The van der Waals surface area contributed by atoms with Crippen LogP contribution in [0.15, 0.2) is 30.6 Å². The van der Waals surface area contributed by atoms with E-state index in [-0.39, 0.29) is 0 Å². The average Bonchev–Trinajstić information content (AvgIpc) is 2.48. The summed E-state index contributed by atoms with van der Waals surface area (Å²) in [6.07, 6.45) is 1.53. The first kappa shape index (κ1) is 12.5. The number of aromatic nitrogens is 2. The molecule has 1 aromatic carbocycles. The summed E-state index contributed by atoms with van der Waals surface area (Å²) in [6.45, 7) is 4.02. The van der Waals surface area contributed by atoms with Gasteiger partial charge in [0.25, 0.3) is 0 Å². The molecule has 2 heterocycles. The number of rotatable bonds is 4. The van der Waals surface area contributed by atoms with E-state index in [4.69, 9.17) is 9.47 Å². The number of hydrogen-bond donors (Lipinski definition) is 2. The maximum Gasteiger partial charge on any atom is 0.163 e. The Morgan fingerprint density at radius 3 is 2.70 bits per heavy atom. The molecule has 0 saturated heterocycles. The van der Waals surface area contributed by atoms with Gasteiger partial charge in [0, 0.05) is 24.4 Å². The molecule has 6 nitrogen and oxygen atoms in total. The van der Waals surface area contributed by atoms with E-state index in [0.717, 1.165) is 35.4 Å². The molecule has 0 aliphatic carbocycles. The van der Waals surface area contributed by atoms with Crippen LogP contribution in [0, 0.1) is 0 Å². The molecule has 0 saturated carbocycles. The number of benzene rings is 1. The first-order valence-electron chi connectivity index (χ1n) is 6.58. The van der Waals surface area contributed by atoms with Crippen LogP contribution in [0.5, 0.6) is 11.5 Å². The van der Waals surface area contributed by atoms with E-state index in [0.29, 0.717) is 13.2 Å². The summed E-state index contributed by atoms with van der Waals surface area (Å²) in [5.74, 6) is 3.05. The molecule has 0 radical (unpaired) electrons. The van der Waals surface area contributed by atoms with Gasteiger partial charge in [-0.25, -0.2) is 9.97 Å². The van der Waals surface area contributed by atoms with Gasteiger partial charge in [-0.1, -0.05) is 0 Å². The predicted molar refractivity (Wildman–Crippen MR) is 76.9 cm³/mol. The van der Waals surface area contributed by atoms with Crippen molar-refractivity contribution in [1.82, 2.24) is 9.97 Å². The van der Waals surface area contributed by atoms with Crippen LogP contribution in [0.3, 0.4) is 0 Å². The highest BCUT2D eigenvalue weighted by molar-refractivity contribution is 5.63. The van der Waals surface area contributed by atoms with E-state index in [2.05, 4.69) is 20.6 Å². The Morgan fingerprint density at radius 1 is 1.05 bits per heavy atom. The molecule has 3 rings (SSSR count). The molecule has 20 heavy (non-hydrogen) atoms. The van der Waals surface area contributed by atoms with Crippen LogP contribution in [-0.2, 0) is 0 Å². The van der Waals surface area contributed by atoms with Gasteiger partial charge in [-0.3, -0.25) is 0 Å². The first-order valence-corrected chi connectivity index (χ1v) is 6.58. The fourth-order valence-corrected chi connectivity index (χ4v) is 1.97. The average molecular weight is 272 g/mol. The molecule has 104 valence electrons. The van der Waals surface area contributed by atoms with Gasteiger partial charge < -0.3 is 20.1 Å². The van der Waals surface area contributed by atoms with Gasteiger partial charge in [0.15, 0.2) is 11.5 Å². The van der Waals surface area contributed by atoms with E-state index >= 15 is 0 Å². The highest BCUT2D eigenvalue weighted by Gasteiger charge is 2.11. The van der Waals surface area contributed by atoms with E-state index in [1.165, 1.54) is 6.33 Å². The molecule has 6 heteroatoms. The Morgan fingerprint density at radius 2 is 1.85 bits per heavy atom. The zero-order valence-electron chi connectivity index (χ0n) is 11.2. The molecular weight excluding hydrogens is 256 g/mol. The maximum absolute atomic E-state index is 5.55. The van der Waals surface area contributed by atoms with Crippen LogP contribution >= 0.6 is 0 Å². The van der Waals surface area contributed by atoms with Crippen molar-refractivity contribution in [3.8, 4) is 11.5 Å². The van der Waals surface area contributed by atoms with Crippen molar-refractivity contribution >= 4 is 17.3 Å². The Kier molecular flexibility index (Phi) is 3.54. The monoisotopic (exact) mass is 272 g/mol. The topological polar surface area (TPSA) is 68.3 Å². The molecule has 0 bridgehead atoms. The second kappa shape index (κ2) is 5.64. The van der Waals surface area contributed by atoms with Gasteiger partial charge in [0.05, 0.1) is 0 Å². The highest BCUT2D eigenvalue weighted by atomic mass is 16.6. The van der Waals surface area contributed by atoms with E-state index in [1.807, 2.05) is 31.2 Å². The van der Waals surface area contributed by atoms with Gasteiger partial charge in [-0.15, -0.1) is 0 Å². The molecule has 1 aromatic heterocycles. The van der Waals surface area contributed by atoms with Gasteiger partial charge in [-0.05, 0) is 19.1 Å². The lowest BCUT2D eigenvalue weighted by atomic mass is 10.2. The summed E-state index contributed by atoms with van der Waals surface area (Å²) in [5, 5.41) is 6.37. The number of fused-ring (bicyclic) bond motifs is 1. The zero-order chi connectivity index (χ0) is 13.8. The highest BCUT2D eigenvalue weighted by Crippen LogP contribution is 2.33. The number of nitrogens with one attached hydrogen (secondary N) is 2. The lowest BCUT2D eigenvalue weighted by Gasteiger charge is -2.19. The summed E-state index contributed by atoms with van der Waals surface area (Å²) >= 11 is 0. The fraction of sp³-hybridized carbons (Fsp3) is 0.286. The Balaban J connectivity index is 1.78. The minimum absolute atomic E-state index is 0.578. The maximum atomic E-state index is 5.55. The smallest absolute Gasteiger partial charge is 0.163 e. The molecule has 1 aliphatic rings. The Labute approximate surface area is 117 Å². The SMILES string of the molecule is CCNc1cc(Nc2ccc3c(c2)OCCO3)ncn1. The van der Waals surface area contributed by atoms with E-state index < -0.39 is 0 Å². The molecule has 0 spiro atoms. The molecule has 0 fully saturated rings. The second-order valence-corrected chi connectivity index (χ2v) is 4.30. The largest absolute Gasteiger partial charge is 0.486 e. The first-order chi connectivity index (χ1) is 9.85. The van der Waals surface area contributed by atoms with Crippen LogP contribution in [-0.4, -0.2) is 29.7 Å². The van der Waals surface area contributed by atoms with Crippen molar-refractivity contribution in [2.24, 2.45) is 0 Å². The summed E-state index contributed by atoms with van der Waals surface area (Å²) in [6, 6.07) is 7.59. The van der Waals surface area contributed by atoms with Crippen molar-refractivity contribution in [2.45, 2.75) is 6.92 Å². The summed E-state index contributed by atoms with van der Waals surface area (Å²) < 4.78 is 11.0. The van der Waals surface area contributed by atoms with Crippen molar-refractivity contribution in [2.75, 3.05) is 30.4 Å². The zero-order valence-corrected chi connectivity index (χ0v) is 11.2. The third-order valence-electron chi connectivity index (χ3n) is 2.84. The van der Waals surface area contributed by atoms with Gasteiger partial charge in [0.2, 0.25) is 0 Å². The van der Waals surface area contributed by atoms with E-state index in [9.17, 15) is 0 Å². The number of hydrogen-bond acceptors (Lipinski definition) is 6. The predicted octanol–water partition coefficient (Wildman–Crippen LogP) is 2.42. The lowest BCUT2D eigenvalue weighted by molar-refractivity contribution is 0.171. The lowest BCUT2D eigenvalue weighted by Crippen LogP contribution is -2.15. The minimum atomic E-state index is 0.578. The summed E-state index contributed by atoms with van der Waals surface area (Å²) in [7, 11) is 0. The van der Waals surface area contributed by atoms with Crippen LogP contribution in [0.4, 0.5) is 17.3 Å². The Hall–Kier alpha value is -2.50. The van der Waals surface area contributed by atoms with Gasteiger partial charge >= 0.3 is 0 Å². The standard InChI is InChI=1S/C14H16N4O2/c1-2-15-13-8-14(17-9-16-13)18-10-3-4-11-12(7-10)20-6-5-19-11/h3-4,7-9H,2,5-6H2,1H3,(H2,15,16,17,18). The van der Waals surface area contributed by atoms with Crippen molar-refractivity contribution in [3.63, 3.8) is 0 Å². The second-order valence-electron chi connectivity index (χ2n) is 4.30. The third-order valence-corrected chi connectivity index (χ3v) is 2.84. The van der Waals surface area contributed by atoms with Crippen LogP contribution in [0.2, 0.25) is 0 Å². The number of nitrogens with zero attached hydrogens (tertiary/aromatic N) is 2. The number of ether oxygens (including phenoxy) is 2. The summed E-state index contributed by atoms with van der Waals surface area (Å²) in [5.41, 5.74) is 0.899. The van der Waals surface area contributed by atoms with Crippen molar-refractivity contribution < 1.29 is 9.47 Å². The Bertz CT molecular complexity index is 603. The van der Waals surface area contributed by atoms with Crippen molar-refractivity contribution in [3.05, 3.63) is 30.6 Å². The number of anilines is 3. The molecular formula is C14H16N4O2. The van der Waals surface area contributed by atoms with Crippen LogP contribution in [0.1, 0.15) is 6.92 Å². The molecule has 2 N–H and O–H groups in total. The van der Waals surface area contributed by atoms with Crippen molar-refractivity contribution in [1.29, 1.82) is 0 Å².